The molecule has 74 valence electrons. The third-order valence-corrected chi connectivity index (χ3v) is 2.39. The van der Waals surface area contributed by atoms with Gasteiger partial charge in [-0.15, -0.1) is 0 Å². The van der Waals surface area contributed by atoms with Gasteiger partial charge in [0.15, 0.2) is 0 Å². The van der Waals surface area contributed by atoms with Crippen LogP contribution in [0.1, 0.15) is 5.56 Å². The van der Waals surface area contributed by atoms with Crippen LogP contribution in [0.4, 0.5) is 0 Å². The summed E-state index contributed by atoms with van der Waals surface area (Å²) in [4.78, 5) is 0. The van der Waals surface area contributed by atoms with E-state index in [4.69, 9.17) is 5.73 Å². The first-order valence-electron chi connectivity index (χ1n) is 4.88. The van der Waals surface area contributed by atoms with Crippen molar-refractivity contribution in [3.63, 3.8) is 0 Å². The SMILES string of the molecule is C=c1cccc/c1=C(/N)c1ccccc1. The molecule has 0 fully saturated rings. The van der Waals surface area contributed by atoms with Gasteiger partial charge < -0.3 is 5.73 Å². The maximum absolute atomic E-state index is 6.09. The molecule has 0 unspecified atom stereocenters. The number of hydrogen-bond acceptors (Lipinski definition) is 1. The molecule has 1 heteroatoms. The zero-order chi connectivity index (χ0) is 10.7. The van der Waals surface area contributed by atoms with Gasteiger partial charge in [0, 0.05) is 10.9 Å². The van der Waals surface area contributed by atoms with Crippen molar-refractivity contribution in [3.05, 3.63) is 70.6 Å². The van der Waals surface area contributed by atoms with Crippen molar-refractivity contribution in [2.75, 3.05) is 0 Å². The highest BCUT2D eigenvalue weighted by atomic mass is 14.6. The molecular weight excluding hydrogens is 182 g/mol. The largest absolute Gasteiger partial charge is 0.398 e. The second-order valence-electron chi connectivity index (χ2n) is 3.44. The van der Waals surface area contributed by atoms with Crippen molar-refractivity contribution in [1.82, 2.24) is 0 Å². The number of nitrogens with two attached hydrogens (primary N) is 1. The molecule has 0 spiro atoms. The molecule has 0 radical (unpaired) electrons. The second-order valence-corrected chi connectivity index (χ2v) is 3.44. The van der Waals surface area contributed by atoms with Crippen LogP contribution in [0.15, 0.2) is 54.6 Å². The van der Waals surface area contributed by atoms with E-state index in [0.29, 0.717) is 0 Å². The van der Waals surface area contributed by atoms with Crippen LogP contribution in [0.5, 0.6) is 0 Å². The minimum atomic E-state index is 0.779. The van der Waals surface area contributed by atoms with Crippen molar-refractivity contribution >= 4 is 12.3 Å². The third-order valence-electron chi connectivity index (χ3n) is 2.39. The predicted molar refractivity (Wildman–Crippen MR) is 64.4 cm³/mol. The molecule has 0 aromatic heterocycles. The molecule has 2 rings (SSSR count). The molecule has 15 heavy (non-hydrogen) atoms. The topological polar surface area (TPSA) is 26.0 Å². The molecule has 0 saturated heterocycles. The van der Waals surface area contributed by atoms with E-state index in [1.165, 1.54) is 0 Å². The Balaban J connectivity index is 2.71. The highest BCUT2D eigenvalue weighted by molar-refractivity contribution is 5.62. The Morgan fingerprint density at radius 3 is 2.13 bits per heavy atom. The molecule has 0 saturated carbocycles. The van der Waals surface area contributed by atoms with E-state index >= 15 is 0 Å². The normalized spacial score (nSPS) is 12.3. The van der Waals surface area contributed by atoms with Crippen molar-refractivity contribution in [2.45, 2.75) is 0 Å². The molecule has 2 aromatic rings. The fourth-order valence-corrected chi connectivity index (χ4v) is 1.56. The van der Waals surface area contributed by atoms with Gasteiger partial charge in [-0.25, -0.2) is 0 Å². The summed E-state index contributed by atoms with van der Waals surface area (Å²) in [7, 11) is 0. The van der Waals surface area contributed by atoms with Crippen LogP contribution in [0, 0.1) is 0 Å². The maximum Gasteiger partial charge on any atom is 0.0467 e. The van der Waals surface area contributed by atoms with Crippen LogP contribution in [-0.4, -0.2) is 0 Å². The van der Waals surface area contributed by atoms with E-state index in [2.05, 4.69) is 6.58 Å². The Bertz CT molecular complexity index is 555. The van der Waals surface area contributed by atoms with Crippen LogP contribution >= 0.6 is 0 Å². The number of rotatable bonds is 1. The van der Waals surface area contributed by atoms with E-state index in [-0.39, 0.29) is 0 Å². The standard InChI is InChI=1S/C14H13N/c1-11-7-5-6-10-13(11)14(15)12-8-3-2-4-9-12/h2-10H,1,15H2/b14-13-. The summed E-state index contributed by atoms with van der Waals surface area (Å²) >= 11 is 0. The summed E-state index contributed by atoms with van der Waals surface area (Å²) in [6.45, 7) is 3.97. The van der Waals surface area contributed by atoms with Gasteiger partial charge in [-0.1, -0.05) is 61.2 Å². The molecule has 0 heterocycles. The van der Waals surface area contributed by atoms with E-state index in [1.807, 2.05) is 54.6 Å². The molecule has 2 aromatic carbocycles. The molecule has 2 N–H and O–H groups in total. The molecule has 0 atom stereocenters. The van der Waals surface area contributed by atoms with Crippen molar-refractivity contribution in [2.24, 2.45) is 5.73 Å². The summed E-state index contributed by atoms with van der Waals surface area (Å²) in [6, 6.07) is 17.8. The summed E-state index contributed by atoms with van der Waals surface area (Å²) in [6.07, 6.45) is 0. The zero-order valence-corrected chi connectivity index (χ0v) is 8.48. The second kappa shape index (κ2) is 4.01. The lowest BCUT2D eigenvalue weighted by Gasteiger charge is -2.01. The van der Waals surface area contributed by atoms with Crippen molar-refractivity contribution in [3.8, 4) is 0 Å². The smallest absolute Gasteiger partial charge is 0.0467 e. The summed E-state index contributed by atoms with van der Waals surface area (Å²) in [5.74, 6) is 0. The Labute approximate surface area is 89.2 Å². The Kier molecular flexibility index (Phi) is 2.55. The summed E-state index contributed by atoms with van der Waals surface area (Å²) < 4.78 is 0. The highest BCUT2D eigenvalue weighted by Crippen LogP contribution is 2.03. The van der Waals surface area contributed by atoms with Crippen molar-refractivity contribution < 1.29 is 0 Å². The van der Waals surface area contributed by atoms with Gasteiger partial charge in [-0.05, 0) is 10.8 Å². The van der Waals surface area contributed by atoms with Gasteiger partial charge in [0.2, 0.25) is 0 Å². The van der Waals surface area contributed by atoms with Crippen LogP contribution in [0.25, 0.3) is 12.3 Å². The lowest BCUT2D eigenvalue weighted by atomic mass is 10.1. The minimum absolute atomic E-state index is 0.779. The van der Waals surface area contributed by atoms with Crippen LogP contribution in [-0.2, 0) is 0 Å². The maximum atomic E-state index is 6.09. The molecule has 0 aliphatic heterocycles. The summed E-state index contributed by atoms with van der Waals surface area (Å²) in [5, 5.41) is 1.96. The molecule has 0 amide bonds. The van der Waals surface area contributed by atoms with Gasteiger partial charge in [0.25, 0.3) is 0 Å². The number of hydrogen-bond donors (Lipinski definition) is 1. The van der Waals surface area contributed by atoms with E-state index in [9.17, 15) is 0 Å². The first kappa shape index (κ1) is 9.53. The Hall–Kier alpha value is -2.02. The fourth-order valence-electron chi connectivity index (χ4n) is 1.56. The average Bonchev–Trinajstić information content (AvgIpc) is 2.30. The monoisotopic (exact) mass is 195 g/mol. The van der Waals surface area contributed by atoms with E-state index in [0.717, 1.165) is 21.7 Å². The molecule has 1 nitrogen and oxygen atoms in total. The quantitative estimate of drug-likeness (QED) is 0.727. The predicted octanol–water partition coefficient (Wildman–Crippen LogP) is 1.21. The number of benzene rings is 2. The van der Waals surface area contributed by atoms with E-state index in [1.54, 1.807) is 0 Å². The van der Waals surface area contributed by atoms with Crippen LogP contribution in [0.2, 0.25) is 0 Å². The third kappa shape index (κ3) is 1.91. The fraction of sp³-hybridized carbons (Fsp3) is 0. The van der Waals surface area contributed by atoms with E-state index < -0.39 is 0 Å². The van der Waals surface area contributed by atoms with Gasteiger partial charge in [-0.2, -0.15) is 0 Å². The Morgan fingerprint density at radius 2 is 1.47 bits per heavy atom. The first-order valence-corrected chi connectivity index (χ1v) is 4.88. The van der Waals surface area contributed by atoms with Gasteiger partial charge >= 0.3 is 0 Å². The van der Waals surface area contributed by atoms with Gasteiger partial charge in [-0.3, -0.25) is 0 Å². The average molecular weight is 195 g/mol. The Morgan fingerprint density at radius 1 is 0.867 bits per heavy atom. The molecule has 0 aliphatic rings. The first-order chi connectivity index (χ1) is 7.29. The zero-order valence-electron chi connectivity index (χ0n) is 8.48. The van der Waals surface area contributed by atoms with Crippen molar-refractivity contribution in [1.29, 1.82) is 0 Å². The van der Waals surface area contributed by atoms with Crippen LogP contribution < -0.4 is 16.2 Å². The van der Waals surface area contributed by atoms with Gasteiger partial charge in [0.05, 0.1) is 0 Å². The minimum Gasteiger partial charge on any atom is -0.398 e. The molecule has 0 bridgehead atoms. The summed E-state index contributed by atoms with van der Waals surface area (Å²) in [5.41, 5.74) is 7.91. The molecular formula is C14H13N. The lowest BCUT2D eigenvalue weighted by molar-refractivity contribution is 1.41. The van der Waals surface area contributed by atoms with Crippen LogP contribution in [0.3, 0.4) is 0 Å². The highest BCUT2D eigenvalue weighted by Gasteiger charge is 1.95. The molecule has 0 aliphatic carbocycles. The lowest BCUT2D eigenvalue weighted by Crippen LogP contribution is -2.28. The van der Waals surface area contributed by atoms with Gasteiger partial charge in [0.1, 0.15) is 0 Å².